The highest BCUT2D eigenvalue weighted by Gasteiger charge is 2.44. The number of aliphatic hydroxyl groups excluding tert-OH is 5. The third-order valence-corrected chi connectivity index (χ3v) is 11.5. The molecule has 0 aliphatic carbocycles. The molecular formula is C45H89NO8. The van der Waals surface area contributed by atoms with Gasteiger partial charge in [0.05, 0.1) is 25.4 Å². The van der Waals surface area contributed by atoms with Gasteiger partial charge in [-0.2, -0.15) is 0 Å². The first kappa shape index (κ1) is 51.2. The molecule has 1 aliphatic heterocycles. The molecular weight excluding hydrogens is 682 g/mol. The molecule has 0 spiro atoms. The average Bonchev–Trinajstić information content (AvgIpc) is 3.17. The van der Waals surface area contributed by atoms with Crippen LogP contribution in [0.4, 0.5) is 0 Å². The van der Waals surface area contributed by atoms with E-state index in [1.165, 1.54) is 161 Å². The number of carbonyl (C=O) groups is 1. The molecule has 9 nitrogen and oxygen atoms in total. The first-order valence-corrected chi connectivity index (χ1v) is 23.2. The molecule has 0 aromatic heterocycles. The van der Waals surface area contributed by atoms with E-state index < -0.39 is 49.5 Å². The fraction of sp³-hybridized carbons (Fsp3) is 0.978. The summed E-state index contributed by atoms with van der Waals surface area (Å²) < 4.78 is 11.2. The Kier molecular flexibility index (Phi) is 34.6. The van der Waals surface area contributed by atoms with Crippen LogP contribution in [0.2, 0.25) is 0 Å². The predicted molar refractivity (Wildman–Crippen MR) is 221 cm³/mol. The van der Waals surface area contributed by atoms with Crippen molar-refractivity contribution in [3.63, 3.8) is 0 Å². The third kappa shape index (κ3) is 26.9. The number of carbonyl (C=O) groups excluding carboxylic acids is 1. The zero-order valence-corrected chi connectivity index (χ0v) is 35.3. The van der Waals surface area contributed by atoms with Gasteiger partial charge in [-0.05, 0) is 12.8 Å². The van der Waals surface area contributed by atoms with E-state index in [4.69, 9.17) is 9.47 Å². The Bertz CT molecular complexity index is 817. The Labute approximate surface area is 332 Å². The molecule has 322 valence electrons. The van der Waals surface area contributed by atoms with Gasteiger partial charge in [-0.3, -0.25) is 4.79 Å². The van der Waals surface area contributed by atoms with Crippen molar-refractivity contribution in [2.75, 3.05) is 13.2 Å². The van der Waals surface area contributed by atoms with E-state index in [0.29, 0.717) is 12.8 Å². The molecule has 1 aliphatic rings. The zero-order valence-electron chi connectivity index (χ0n) is 35.3. The van der Waals surface area contributed by atoms with Gasteiger partial charge in [0.25, 0.3) is 0 Å². The molecule has 1 fully saturated rings. The number of nitrogens with one attached hydrogen (secondary N) is 1. The summed E-state index contributed by atoms with van der Waals surface area (Å²) in [4.78, 5) is 13.0. The normalized spacial score (nSPS) is 21.4. The maximum Gasteiger partial charge on any atom is 0.220 e. The Morgan fingerprint density at radius 3 is 1.31 bits per heavy atom. The summed E-state index contributed by atoms with van der Waals surface area (Å²) in [6, 6.07) is -0.710. The predicted octanol–water partition coefficient (Wildman–Crippen LogP) is 9.56. The monoisotopic (exact) mass is 772 g/mol. The number of aliphatic hydroxyl groups is 5. The molecule has 9 heteroatoms. The minimum absolute atomic E-state index is 0.132. The molecule has 1 saturated heterocycles. The van der Waals surface area contributed by atoms with Gasteiger partial charge in [-0.1, -0.05) is 206 Å². The van der Waals surface area contributed by atoms with Gasteiger partial charge in [0, 0.05) is 6.42 Å². The molecule has 1 rings (SSSR count). The largest absolute Gasteiger partial charge is 0.394 e. The van der Waals surface area contributed by atoms with Crippen LogP contribution in [0.25, 0.3) is 0 Å². The molecule has 54 heavy (non-hydrogen) atoms. The Hall–Kier alpha value is -0.810. The van der Waals surface area contributed by atoms with Crippen LogP contribution in [0.3, 0.4) is 0 Å². The lowest BCUT2D eigenvalue weighted by Crippen LogP contribution is -2.60. The van der Waals surface area contributed by atoms with Crippen molar-refractivity contribution < 1.29 is 39.8 Å². The highest BCUT2D eigenvalue weighted by atomic mass is 16.7. The van der Waals surface area contributed by atoms with E-state index in [2.05, 4.69) is 19.2 Å². The molecule has 0 saturated carbocycles. The molecule has 0 bridgehead atoms. The van der Waals surface area contributed by atoms with Crippen molar-refractivity contribution >= 4 is 5.91 Å². The molecule has 0 aromatic carbocycles. The topological polar surface area (TPSA) is 149 Å². The van der Waals surface area contributed by atoms with E-state index in [0.717, 1.165) is 38.5 Å². The number of ether oxygens (including phenoxy) is 2. The van der Waals surface area contributed by atoms with Crippen molar-refractivity contribution in [1.29, 1.82) is 0 Å². The summed E-state index contributed by atoms with van der Waals surface area (Å²) in [6.07, 6.45) is 32.5. The lowest BCUT2D eigenvalue weighted by molar-refractivity contribution is -0.302. The second-order valence-electron chi connectivity index (χ2n) is 16.6. The van der Waals surface area contributed by atoms with Gasteiger partial charge in [0.1, 0.15) is 24.4 Å². The van der Waals surface area contributed by atoms with E-state index in [-0.39, 0.29) is 12.5 Å². The van der Waals surface area contributed by atoms with Crippen LogP contribution in [-0.4, -0.2) is 87.5 Å². The zero-order chi connectivity index (χ0) is 39.5. The number of amides is 1. The fourth-order valence-electron chi connectivity index (χ4n) is 7.69. The van der Waals surface area contributed by atoms with E-state index in [1.54, 1.807) is 0 Å². The second kappa shape index (κ2) is 36.5. The molecule has 6 N–H and O–H groups in total. The average molecular weight is 772 g/mol. The van der Waals surface area contributed by atoms with Crippen LogP contribution in [0, 0.1) is 0 Å². The van der Waals surface area contributed by atoms with Gasteiger partial charge in [0.15, 0.2) is 6.29 Å². The quantitative estimate of drug-likeness (QED) is 0.0339. The number of rotatable bonds is 39. The van der Waals surface area contributed by atoms with Gasteiger partial charge < -0.3 is 40.3 Å². The molecule has 1 heterocycles. The highest BCUT2D eigenvalue weighted by Crippen LogP contribution is 2.23. The minimum atomic E-state index is -1.55. The van der Waals surface area contributed by atoms with Crippen LogP contribution in [0.1, 0.15) is 226 Å². The molecule has 0 radical (unpaired) electrons. The summed E-state index contributed by atoms with van der Waals surface area (Å²) in [5.41, 5.74) is 0. The Morgan fingerprint density at radius 1 is 0.556 bits per heavy atom. The summed E-state index contributed by atoms with van der Waals surface area (Å²) in [5.74, 6) is -0.141. The lowest BCUT2D eigenvalue weighted by Gasteiger charge is -2.40. The van der Waals surface area contributed by atoms with Gasteiger partial charge in [0.2, 0.25) is 5.91 Å². The Balaban J connectivity index is 2.28. The van der Waals surface area contributed by atoms with E-state index >= 15 is 0 Å². The van der Waals surface area contributed by atoms with Crippen molar-refractivity contribution in [3.05, 3.63) is 0 Å². The lowest BCUT2D eigenvalue weighted by atomic mass is 9.99. The third-order valence-electron chi connectivity index (χ3n) is 11.5. The van der Waals surface area contributed by atoms with Crippen LogP contribution < -0.4 is 5.32 Å². The standard InChI is InChI=1S/C45H89NO8/c1-3-5-7-9-11-13-15-17-18-19-20-21-22-23-25-27-29-31-33-35-41(49)46-38(37-53-45-44(52)43(51)42(50)40(36-47)54-45)39(48)34-32-30-28-26-24-16-14-12-10-8-6-4-2/h38-40,42-45,47-48,50-52H,3-37H2,1-2H3,(H,46,49). The summed E-state index contributed by atoms with van der Waals surface area (Å²) in [5, 5.41) is 54.3. The number of hydrogen-bond acceptors (Lipinski definition) is 8. The smallest absolute Gasteiger partial charge is 0.220 e. The molecule has 0 aromatic rings. The van der Waals surface area contributed by atoms with Crippen molar-refractivity contribution in [3.8, 4) is 0 Å². The van der Waals surface area contributed by atoms with Gasteiger partial charge >= 0.3 is 0 Å². The van der Waals surface area contributed by atoms with Gasteiger partial charge in [-0.15, -0.1) is 0 Å². The van der Waals surface area contributed by atoms with E-state index in [1.807, 2.05) is 0 Å². The molecule has 1 amide bonds. The van der Waals surface area contributed by atoms with Crippen molar-refractivity contribution in [2.24, 2.45) is 0 Å². The first-order chi connectivity index (χ1) is 26.3. The summed E-state index contributed by atoms with van der Waals surface area (Å²) >= 11 is 0. The maximum absolute atomic E-state index is 13.0. The summed E-state index contributed by atoms with van der Waals surface area (Å²) in [6.45, 7) is 3.84. The van der Waals surface area contributed by atoms with Crippen molar-refractivity contribution in [1.82, 2.24) is 5.32 Å². The van der Waals surface area contributed by atoms with Crippen LogP contribution >= 0.6 is 0 Å². The van der Waals surface area contributed by atoms with Gasteiger partial charge in [-0.25, -0.2) is 0 Å². The van der Waals surface area contributed by atoms with Crippen LogP contribution in [0.15, 0.2) is 0 Å². The molecule has 7 unspecified atom stereocenters. The van der Waals surface area contributed by atoms with Crippen LogP contribution in [-0.2, 0) is 14.3 Å². The maximum atomic E-state index is 13.0. The first-order valence-electron chi connectivity index (χ1n) is 23.2. The fourth-order valence-corrected chi connectivity index (χ4v) is 7.69. The molecule has 7 atom stereocenters. The van der Waals surface area contributed by atoms with Crippen LogP contribution in [0.5, 0.6) is 0 Å². The van der Waals surface area contributed by atoms with E-state index in [9.17, 15) is 30.3 Å². The highest BCUT2D eigenvalue weighted by molar-refractivity contribution is 5.76. The Morgan fingerprint density at radius 2 is 0.926 bits per heavy atom. The van der Waals surface area contributed by atoms with Crippen molar-refractivity contribution in [2.45, 2.75) is 269 Å². The SMILES string of the molecule is CCCCCCCCCCCCCCCCCCCCCC(=O)NC(COC1OC(CO)C(O)C(O)C1O)C(O)CCCCCCCCCCCCCC. The number of hydrogen-bond donors (Lipinski definition) is 6. The minimum Gasteiger partial charge on any atom is -0.394 e. The second-order valence-corrected chi connectivity index (χ2v) is 16.6. The summed E-state index contributed by atoms with van der Waals surface area (Å²) in [7, 11) is 0. The number of unbranched alkanes of at least 4 members (excludes halogenated alkanes) is 29.